The molecular formula is C26H17ClN4. The van der Waals surface area contributed by atoms with Crippen molar-refractivity contribution in [3.8, 4) is 28.2 Å². The van der Waals surface area contributed by atoms with Crippen LogP contribution in [0.4, 0.5) is 0 Å². The quantitative estimate of drug-likeness (QED) is 0.321. The minimum atomic E-state index is 0.700. The molecule has 6 aromatic rings. The van der Waals surface area contributed by atoms with Gasteiger partial charge in [0.25, 0.3) is 0 Å². The number of fused-ring (bicyclic) bond motifs is 3. The van der Waals surface area contributed by atoms with Crippen LogP contribution in [0, 0.1) is 0 Å². The van der Waals surface area contributed by atoms with Gasteiger partial charge in [-0.05, 0) is 48.5 Å². The smallest absolute Gasteiger partial charge is 0.102 e. The lowest BCUT2D eigenvalue weighted by Crippen LogP contribution is -1.94. The van der Waals surface area contributed by atoms with E-state index in [0.717, 1.165) is 44.8 Å². The number of nitrogens with zero attached hydrogens (tertiary/aromatic N) is 4. The van der Waals surface area contributed by atoms with Crippen LogP contribution >= 0.6 is 11.6 Å². The summed E-state index contributed by atoms with van der Waals surface area (Å²) in [5, 5.41) is 5.65. The van der Waals surface area contributed by atoms with Crippen molar-refractivity contribution >= 4 is 28.2 Å². The standard InChI is InChI=1S/C26H17ClN4/c27-19-14-12-18(13-15-19)25-21(17-31(29-25)20-7-2-1-3-8-20)26-24-11-6-16-30(24)23-10-5-4-9-22(23)28-26/h1-17H. The molecule has 3 aromatic carbocycles. The summed E-state index contributed by atoms with van der Waals surface area (Å²) >= 11 is 6.14. The molecule has 148 valence electrons. The van der Waals surface area contributed by atoms with Crippen LogP contribution < -0.4 is 0 Å². The zero-order valence-electron chi connectivity index (χ0n) is 16.5. The predicted molar refractivity (Wildman–Crippen MR) is 126 cm³/mol. The molecule has 5 heteroatoms. The van der Waals surface area contributed by atoms with Crippen molar-refractivity contribution in [1.29, 1.82) is 0 Å². The van der Waals surface area contributed by atoms with Crippen LogP contribution in [-0.2, 0) is 0 Å². The van der Waals surface area contributed by atoms with Gasteiger partial charge in [0.1, 0.15) is 5.69 Å². The number of aromatic nitrogens is 4. The highest BCUT2D eigenvalue weighted by atomic mass is 35.5. The monoisotopic (exact) mass is 420 g/mol. The molecule has 31 heavy (non-hydrogen) atoms. The van der Waals surface area contributed by atoms with Crippen molar-refractivity contribution in [2.24, 2.45) is 0 Å². The molecule has 0 bridgehead atoms. The summed E-state index contributed by atoms with van der Waals surface area (Å²) in [4.78, 5) is 5.06. The number of hydrogen-bond acceptors (Lipinski definition) is 2. The Kier molecular flexibility index (Phi) is 4.11. The molecule has 0 N–H and O–H groups in total. The van der Waals surface area contributed by atoms with E-state index in [-0.39, 0.29) is 0 Å². The highest BCUT2D eigenvalue weighted by molar-refractivity contribution is 6.30. The largest absolute Gasteiger partial charge is 0.313 e. The molecule has 0 spiro atoms. The van der Waals surface area contributed by atoms with E-state index < -0.39 is 0 Å². The van der Waals surface area contributed by atoms with E-state index in [1.807, 2.05) is 77.5 Å². The summed E-state index contributed by atoms with van der Waals surface area (Å²) in [5.74, 6) is 0. The molecule has 4 nitrogen and oxygen atoms in total. The van der Waals surface area contributed by atoms with Crippen LogP contribution in [0.5, 0.6) is 0 Å². The van der Waals surface area contributed by atoms with Crippen LogP contribution in [0.1, 0.15) is 0 Å². The van der Waals surface area contributed by atoms with E-state index in [4.69, 9.17) is 21.7 Å². The maximum Gasteiger partial charge on any atom is 0.102 e. The molecule has 0 fully saturated rings. The minimum absolute atomic E-state index is 0.700. The maximum absolute atomic E-state index is 6.14. The summed E-state index contributed by atoms with van der Waals surface area (Å²) in [6.07, 6.45) is 4.13. The maximum atomic E-state index is 6.14. The Balaban J connectivity index is 1.67. The van der Waals surface area contributed by atoms with E-state index in [1.54, 1.807) is 0 Å². The van der Waals surface area contributed by atoms with E-state index >= 15 is 0 Å². The van der Waals surface area contributed by atoms with E-state index in [9.17, 15) is 0 Å². The zero-order valence-corrected chi connectivity index (χ0v) is 17.2. The molecule has 0 aliphatic rings. The van der Waals surface area contributed by atoms with Gasteiger partial charge in [-0.2, -0.15) is 5.10 Å². The van der Waals surface area contributed by atoms with E-state index in [1.165, 1.54) is 0 Å². The van der Waals surface area contributed by atoms with Gasteiger partial charge in [-0.1, -0.05) is 54.1 Å². The van der Waals surface area contributed by atoms with Crippen molar-refractivity contribution < 1.29 is 0 Å². The van der Waals surface area contributed by atoms with Crippen molar-refractivity contribution in [1.82, 2.24) is 19.2 Å². The van der Waals surface area contributed by atoms with Gasteiger partial charge in [0.05, 0.1) is 27.9 Å². The molecule has 3 heterocycles. The summed E-state index contributed by atoms with van der Waals surface area (Å²) in [6.45, 7) is 0. The van der Waals surface area contributed by atoms with Gasteiger partial charge >= 0.3 is 0 Å². The number of hydrogen-bond donors (Lipinski definition) is 0. The van der Waals surface area contributed by atoms with E-state index in [2.05, 4.69) is 35.0 Å². The lowest BCUT2D eigenvalue weighted by atomic mass is 10.0. The Bertz CT molecular complexity index is 1530. The van der Waals surface area contributed by atoms with Crippen molar-refractivity contribution in [2.75, 3.05) is 0 Å². The van der Waals surface area contributed by atoms with Gasteiger partial charge in [0, 0.05) is 28.5 Å². The molecule has 3 aromatic heterocycles. The van der Waals surface area contributed by atoms with Crippen molar-refractivity contribution in [2.45, 2.75) is 0 Å². The predicted octanol–water partition coefficient (Wildman–Crippen LogP) is 6.66. The average molecular weight is 421 g/mol. The molecule has 0 aliphatic carbocycles. The normalized spacial score (nSPS) is 11.4. The Morgan fingerprint density at radius 3 is 2.26 bits per heavy atom. The SMILES string of the molecule is Clc1ccc(-c2nn(-c3ccccc3)cc2-c2nc3ccccc3n3cccc23)cc1. The molecule has 0 saturated carbocycles. The topological polar surface area (TPSA) is 35.1 Å². The van der Waals surface area contributed by atoms with Gasteiger partial charge < -0.3 is 4.40 Å². The van der Waals surface area contributed by atoms with Crippen LogP contribution in [0.2, 0.25) is 5.02 Å². The van der Waals surface area contributed by atoms with Gasteiger partial charge in [-0.15, -0.1) is 0 Å². The van der Waals surface area contributed by atoms with Crippen LogP contribution in [0.25, 0.3) is 44.8 Å². The van der Waals surface area contributed by atoms with Gasteiger partial charge in [0.2, 0.25) is 0 Å². The van der Waals surface area contributed by atoms with Gasteiger partial charge in [-0.25, -0.2) is 9.67 Å². The van der Waals surface area contributed by atoms with Crippen LogP contribution in [0.15, 0.2) is 103 Å². The Morgan fingerprint density at radius 2 is 1.42 bits per heavy atom. The minimum Gasteiger partial charge on any atom is -0.313 e. The average Bonchev–Trinajstić information content (AvgIpc) is 3.48. The Morgan fingerprint density at radius 1 is 0.677 bits per heavy atom. The third-order valence-electron chi connectivity index (χ3n) is 5.47. The fraction of sp³-hybridized carbons (Fsp3) is 0. The molecule has 0 amide bonds. The van der Waals surface area contributed by atoms with Crippen LogP contribution in [0.3, 0.4) is 0 Å². The summed E-state index contributed by atoms with van der Waals surface area (Å²) < 4.78 is 4.10. The zero-order chi connectivity index (χ0) is 20.8. The first kappa shape index (κ1) is 17.9. The third-order valence-corrected chi connectivity index (χ3v) is 5.72. The second-order valence-electron chi connectivity index (χ2n) is 7.39. The first-order chi connectivity index (χ1) is 15.3. The number of halogens is 1. The first-order valence-electron chi connectivity index (χ1n) is 10.1. The number of para-hydroxylation sites is 3. The second-order valence-corrected chi connectivity index (χ2v) is 7.83. The summed E-state index contributed by atoms with van der Waals surface area (Å²) in [5.41, 5.74) is 7.79. The van der Waals surface area contributed by atoms with Gasteiger partial charge in [0.15, 0.2) is 0 Å². The lowest BCUT2D eigenvalue weighted by Gasteiger charge is -2.09. The van der Waals surface area contributed by atoms with Crippen LogP contribution in [-0.4, -0.2) is 19.2 Å². The summed E-state index contributed by atoms with van der Waals surface area (Å²) in [6, 6.07) is 30.2. The lowest BCUT2D eigenvalue weighted by molar-refractivity contribution is 0.884. The van der Waals surface area contributed by atoms with Crippen molar-refractivity contribution in [3.63, 3.8) is 0 Å². The molecule has 6 rings (SSSR count). The first-order valence-corrected chi connectivity index (χ1v) is 10.4. The fourth-order valence-corrected chi connectivity index (χ4v) is 4.13. The van der Waals surface area contributed by atoms with Gasteiger partial charge in [-0.3, -0.25) is 0 Å². The third kappa shape index (κ3) is 3.00. The fourth-order valence-electron chi connectivity index (χ4n) is 4.00. The summed E-state index contributed by atoms with van der Waals surface area (Å²) in [7, 11) is 0. The Labute approximate surface area is 184 Å². The molecular weight excluding hydrogens is 404 g/mol. The van der Waals surface area contributed by atoms with E-state index in [0.29, 0.717) is 5.02 Å². The second kappa shape index (κ2) is 7.11. The molecule has 0 saturated heterocycles. The highest BCUT2D eigenvalue weighted by Crippen LogP contribution is 2.35. The number of rotatable bonds is 3. The molecule has 0 atom stereocenters. The molecule has 0 radical (unpaired) electrons. The Hall–Kier alpha value is -3.89. The molecule has 0 aliphatic heterocycles. The highest BCUT2D eigenvalue weighted by Gasteiger charge is 2.19. The van der Waals surface area contributed by atoms with Crippen molar-refractivity contribution in [3.05, 3.63) is 108 Å². The number of benzene rings is 3. The molecule has 0 unspecified atom stereocenters.